The first-order chi connectivity index (χ1) is 6.91. The third kappa shape index (κ3) is 2.75. The van der Waals surface area contributed by atoms with E-state index < -0.39 is 11.6 Å². The van der Waals surface area contributed by atoms with E-state index in [9.17, 15) is 8.78 Å². The lowest BCUT2D eigenvalue weighted by atomic mass is 10.00. The fourth-order valence-corrected chi connectivity index (χ4v) is 1.41. The van der Waals surface area contributed by atoms with E-state index in [-0.39, 0.29) is 5.56 Å². The van der Waals surface area contributed by atoms with Crippen molar-refractivity contribution in [1.82, 2.24) is 0 Å². The van der Waals surface area contributed by atoms with Gasteiger partial charge in [0.25, 0.3) is 0 Å². The molecule has 0 spiro atoms. The van der Waals surface area contributed by atoms with E-state index in [1.807, 2.05) is 0 Å². The summed E-state index contributed by atoms with van der Waals surface area (Å²) >= 11 is 0. The molecular formula is C13H14F2. The van der Waals surface area contributed by atoms with Crippen molar-refractivity contribution in [3.8, 4) is 0 Å². The van der Waals surface area contributed by atoms with Gasteiger partial charge in [0.15, 0.2) is 0 Å². The molecule has 0 unspecified atom stereocenters. The average molecular weight is 208 g/mol. The largest absolute Gasteiger partial charge is 0.207 e. The summed E-state index contributed by atoms with van der Waals surface area (Å²) in [6.45, 7) is 10.7. The maximum Gasteiger partial charge on any atom is 0.134 e. The first kappa shape index (κ1) is 11.6. The van der Waals surface area contributed by atoms with Crippen molar-refractivity contribution >= 4 is 5.57 Å². The fourth-order valence-electron chi connectivity index (χ4n) is 1.41. The maximum atomic E-state index is 13.8. The summed E-state index contributed by atoms with van der Waals surface area (Å²) in [4.78, 5) is 0. The van der Waals surface area contributed by atoms with Gasteiger partial charge in [-0.3, -0.25) is 0 Å². The molecule has 0 N–H and O–H groups in total. The van der Waals surface area contributed by atoms with E-state index >= 15 is 0 Å². The molecule has 0 amide bonds. The van der Waals surface area contributed by atoms with Crippen LogP contribution in [0.3, 0.4) is 0 Å². The van der Waals surface area contributed by atoms with E-state index in [2.05, 4.69) is 13.2 Å². The van der Waals surface area contributed by atoms with Gasteiger partial charge in [-0.15, -0.1) is 0 Å². The van der Waals surface area contributed by atoms with Crippen molar-refractivity contribution < 1.29 is 8.78 Å². The van der Waals surface area contributed by atoms with Crippen LogP contribution in [0.5, 0.6) is 0 Å². The molecule has 1 aromatic carbocycles. The molecule has 80 valence electrons. The molecule has 0 aromatic heterocycles. The Kier molecular flexibility index (Phi) is 3.40. The maximum absolute atomic E-state index is 13.8. The Labute approximate surface area is 88.9 Å². The molecule has 0 aliphatic heterocycles. The number of benzene rings is 1. The number of rotatable bonds is 3. The molecular weight excluding hydrogens is 194 g/mol. The predicted molar refractivity (Wildman–Crippen MR) is 59.6 cm³/mol. The van der Waals surface area contributed by atoms with Crippen LogP contribution >= 0.6 is 0 Å². The van der Waals surface area contributed by atoms with Crippen LogP contribution in [0.1, 0.15) is 25.0 Å². The van der Waals surface area contributed by atoms with Crippen LogP contribution in [-0.4, -0.2) is 0 Å². The van der Waals surface area contributed by atoms with Crippen LogP contribution in [0.25, 0.3) is 5.57 Å². The standard InChI is InChI=1S/C13H14F2/c1-8(2)5-10-6-11(14)7-12(9(3)4)13(10)15/h6-7H,1,3,5H2,2,4H3. The predicted octanol–water partition coefficient (Wildman–Crippen LogP) is 4.12. The Hall–Kier alpha value is -1.44. The van der Waals surface area contributed by atoms with E-state index in [0.29, 0.717) is 17.6 Å². The Bertz CT molecular complexity index is 417. The number of allylic oxidation sites excluding steroid dienone is 2. The lowest BCUT2D eigenvalue weighted by Gasteiger charge is -2.08. The third-order valence-electron chi connectivity index (χ3n) is 2.06. The van der Waals surface area contributed by atoms with Crippen LogP contribution in [0.4, 0.5) is 8.78 Å². The summed E-state index contributed by atoms with van der Waals surface area (Å²) < 4.78 is 27.0. The summed E-state index contributed by atoms with van der Waals surface area (Å²) in [5.41, 5.74) is 1.90. The van der Waals surface area contributed by atoms with Gasteiger partial charge < -0.3 is 0 Å². The highest BCUT2D eigenvalue weighted by Crippen LogP contribution is 2.22. The molecule has 0 heterocycles. The summed E-state index contributed by atoms with van der Waals surface area (Å²) in [6, 6.07) is 2.37. The lowest BCUT2D eigenvalue weighted by Crippen LogP contribution is -1.98. The minimum atomic E-state index is -0.439. The van der Waals surface area contributed by atoms with Crippen molar-refractivity contribution in [3.63, 3.8) is 0 Å². The van der Waals surface area contributed by atoms with Gasteiger partial charge in [-0.25, -0.2) is 8.78 Å². The fraction of sp³-hybridized carbons (Fsp3) is 0.231. The highest BCUT2D eigenvalue weighted by Gasteiger charge is 2.11. The highest BCUT2D eigenvalue weighted by molar-refractivity contribution is 5.62. The quantitative estimate of drug-likeness (QED) is 0.655. The van der Waals surface area contributed by atoms with Gasteiger partial charge in [0.2, 0.25) is 0 Å². The van der Waals surface area contributed by atoms with Crippen molar-refractivity contribution in [2.75, 3.05) is 0 Å². The minimum absolute atomic E-state index is 0.242. The summed E-state index contributed by atoms with van der Waals surface area (Å²) in [5.74, 6) is -0.836. The SMILES string of the molecule is C=C(C)Cc1cc(F)cc(C(=C)C)c1F. The van der Waals surface area contributed by atoms with E-state index in [1.54, 1.807) is 13.8 Å². The van der Waals surface area contributed by atoms with Gasteiger partial charge in [-0.1, -0.05) is 18.7 Å². The van der Waals surface area contributed by atoms with Gasteiger partial charge in [0, 0.05) is 5.56 Å². The topological polar surface area (TPSA) is 0 Å². The van der Waals surface area contributed by atoms with Crippen LogP contribution < -0.4 is 0 Å². The highest BCUT2D eigenvalue weighted by atomic mass is 19.1. The zero-order valence-electron chi connectivity index (χ0n) is 9.03. The van der Waals surface area contributed by atoms with Gasteiger partial charge in [0.1, 0.15) is 11.6 Å². The molecule has 15 heavy (non-hydrogen) atoms. The van der Waals surface area contributed by atoms with Crippen LogP contribution in [0.15, 0.2) is 30.9 Å². The van der Waals surface area contributed by atoms with Crippen LogP contribution in [0, 0.1) is 11.6 Å². The first-order valence-electron chi connectivity index (χ1n) is 4.70. The Morgan fingerprint density at radius 3 is 2.27 bits per heavy atom. The summed E-state index contributed by atoms with van der Waals surface area (Å²) in [5, 5.41) is 0. The van der Waals surface area contributed by atoms with Gasteiger partial charge in [-0.2, -0.15) is 0 Å². The number of hydrogen-bond acceptors (Lipinski definition) is 0. The van der Waals surface area contributed by atoms with Gasteiger partial charge in [0.05, 0.1) is 0 Å². The molecule has 0 nitrogen and oxygen atoms in total. The normalized spacial score (nSPS) is 10.1. The molecule has 0 saturated carbocycles. The second-order valence-corrected chi connectivity index (χ2v) is 3.84. The van der Waals surface area contributed by atoms with Crippen molar-refractivity contribution in [1.29, 1.82) is 0 Å². The Morgan fingerprint density at radius 1 is 1.20 bits per heavy atom. The molecule has 1 rings (SSSR count). The van der Waals surface area contributed by atoms with E-state index in [1.165, 1.54) is 12.1 Å². The van der Waals surface area contributed by atoms with E-state index in [0.717, 1.165) is 5.57 Å². The zero-order valence-corrected chi connectivity index (χ0v) is 9.03. The number of halogens is 2. The molecule has 0 aliphatic rings. The van der Waals surface area contributed by atoms with Crippen molar-refractivity contribution in [3.05, 3.63) is 53.6 Å². The Balaban J connectivity index is 3.28. The van der Waals surface area contributed by atoms with Crippen LogP contribution in [-0.2, 0) is 6.42 Å². The lowest BCUT2D eigenvalue weighted by molar-refractivity contribution is 0.585. The molecule has 2 heteroatoms. The second-order valence-electron chi connectivity index (χ2n) is 3.84. The molecule has 0 saturated heterocycles. The third-order valence-corrected chi connectivity index (χ3v) is 2.06. The van der Waals surface area contributed by atoms with Gasteiger partial charge in [-0.05, 0) is 43.5 Å². The summed E-state index contributed by atoms with van der Waals surface area (Å²) in [7, 11) is 0. The average Bonchev–Trinajstić information content (AvgIpc) is 2.09. The molecule has 0 aliphatic carbocycles. The Morgan fingerprint density at radius 2 is 1.80 bits per heavy atom. The second kappa shape index (κ2) is 4.39. The molecule has 0 radical (unpaired) electrons. The minimum Gasteiger partial charge on any atom is -0.207 e. The van der Waals surface area contributed by atoms with Crippen LogP contribution in [0.2, 0.25) is 0 Å². The monoisotopic (exact) mass is 208 g/mol. The molecule has 0 atom stereocenters. The zero-order chi connectivity index (χ0) is 11.6. The first-order valence-corrected chi connectivity index (χ1v) is 4.70. The van der Waals surface area contributed by atoms with Crippen molar-refractivity contribution in [2.24, 2.45) is 0 Å². The molecule has 0 bridgehead atoms. The summed E-state index contributed by atoms with van der Waals surface area (Å²) in [6.07, 6.45) is 0.351. The number of hydrogen-bond donors (Lipinski definition) is 0. The van der Waals surface area contributed by atoms with E-state index in [4.69, 9.17) is 0 Å². The molecule has 1 aromatic rings. The molecule has 0 fully saturated rings. The van der Waals surface area contributed by atoms with Gasteiger partial charge >= 0.3 is 0 Å². The van der Waals surface area contributed by atoms with Crippen molar-refractivity contribution in [2.45, 2.75) is 20.3 Å². The smallest absolute Gasteiger partial charge is 0.134 e.